The van der Waals surface area contributed by atoms with Crippen LogP contribution in [0.25, 0.3) is 0 Å². The van der Waals surface area contributed by atoms with Crippen LogP contribution in [0, 0.1) is 0 Å². The molecular formula is C19H22Cl2N2O. The zero-order valence-electron chi connectivity index (χ0n) is 13.4. The fraction of sp³-hybridized carbons (Fsp3) is 0.316. The molecule has 1 saturated carbocycles. The van der Waals surface area contributed by atoms with Gasteiger partial charge in [-0.3, -0.25) is 4.79 Å². The van der Waals surface area contributed by atoms with Crippen molar-refractivity contribution in [2.45, 2.75) is 31.1 Å². The van der Waals surface area contributed by atoms with Gasteiger partial charge in [0.15, 0.2) is 0 Å². The van der Waals surface area contributed by atoms with Crippen molar-refractivity contribution in [3.05, 3.63) is 64.7 Å². The SMILES string of the molecule is Cl.Nc1ccccc1CCC(=O)NCC1(c2cccc(Cl)c2)CC1. The number of carbonyl (C=O) groups excluding carboxylic acids is 1. The van der Waals surface area contributed by atoms with Gasteiger partial charge in [-0.15, -0.1) is 12.4 Å². The number of hydrogen-bond acceptors (Lipinski definition) is 2. The molecule has 0 bridgehead atoms. The van der Waals surface area contributed by atoms with E-state index in [-0.39, 0.29) is 23.7 Å². The lowest BCUT2D eigenvalue weighted by molar-refractivity contribution is -0.121. The van der Waals surface area contributed by atoms with Crippen molar-refractivity contribution < 1.29 is 4.79 Å². The summed E-state index contributed by atoms with van der Waals surface area (Å²) in [6.07, 6.45) is 3.32. The molecule has 0 spiro atoms. The van der Waals surface area contributed by atoms with E-state index in [1.165, 1.54) is 5.56 Å². The number of aryl methyl sites for hydroxylation is 1. The van der Waals surface area contributed by atoms with Crippen LogP contribution in [0.15, 0.2) is 48.5 Å². The van der Waals surface area contributed by atoms with Crippen molar-refractivity contribution >= 4 is 35.6 Å². The Morgan fingerprint density at radius 2 is 1.92 bits per heavy atom. The van der Waals surface area contributed by atoms with Crippen LogP contribution in [0.2, 0.25) is 5.02 Å². The molecule has 3 N–H and O–H groups in total. The molecule has 24 heavy (non-hydrogen) atoms. The number of nitrogen functional groups attached to an aromatic ring is 1. The van der Waals surface area contributed by atoms with Gasteiger partial charge in [-0.25, -0.2) is 0 Å². The lowest BCUT2D eigenvalue weighted by Crippen LogP contribution is -2.32. The van der Waals surface area contributed by atoms with E-state index in [1.54, 1.807) is 0 Å². The number of nitrogens with two attached hydrogens (primary N) is 1. The first kappa shape index (κ1) is 18.6. The Kier molecular flexibility index (Phi) is 6.14. The molecule has 2 aromatic rings. The van der Waals surface area contributed by atoms with E-state index in [0.29, 0.717) is 19.4 Å². The number of halogens is 2. The van der Waals surface area contributed by atoms with Gasteiger partial charge < -0.3 is 11.1 Å². The van der Waals surface area contributed by atoms with Gasteiger partial charge >= 0.3 is 0 Å². The molecule has 1 amide bonds. The third kappa shape index (κ3) is 4.43. The van der Waals surface area contributed by atoms with Crippen molar-refractivity contribution in [1.29, 1.82) is 0 Å². The second-order valence-electron chi connectivity index (χ2n) is 6.27. The molecule has 0 radical (unpaired) electrons. The van der Waals surface area contributed by atoms with Crippen LogP contribution >= 0.6 is 24.0 Å². The van der Waals surface area contributed by atoms with E-state index >= 15 is 0 Å². The van der Waals surface area contributed by atoms with E-state index in [9.17, 15) is 4.79 Å². The summed E-state index contributed by atoms with van der Waals surface area (Å²) in [6, 6.07) is 15.6. The summed E-state index contributed by atoms with van der Waals surface area (Å²) >= 11 is 6.07. The maximum Gasteiger partial charge on any atom is 0.220 e. The zero-order chi connectivity index (χ0) is 16.3. The third-order valence-corrected chi connectivity index (χ3v) is 4.83. The van der Waals surface area contributed by atoms with Crippen molar-refractivity contribution in [2.24, 2.45) is 0 Å². The van der Waals surface area contributed by atoms with E-state index < -0.39 is 0 Å². The topological polar surface area (TPSA) is 55.1 Å². The van der Waals surface area contributed by atoms with Gasteiger partial charge in [0.2, 0.25) is 5.91 Å². The van der Waals surface area contributed by atoms with E-state index in [0.717, 1.165) is 29.1 Å². The van der Waals surface area contributed by atoms with Crippen LogP contribution < -0.4 is 11.1 Å². The smallest absolute Gasteiger partial charge is 0.220 e. The van der Waals surface area contributed by atoms with Crippen LogP contribution in [-0.2, 0) is 16.6 Å². The highest BCUT2D eigenvalue weighted by molar-refractivity contribution is 6.30. The Balaban J connectivity index is 0.00000208. The van der Waals surface area contributed by atoms with Crippen LogP contribution in [0.4, 0.5) is 5.69 Å². The predicted molar refractivity (Wildman–Crippen MR) is 102 cm³/mol. The maximum absolute atomic E-state index is 12.1. The Morgan fingerprint density at radius 3 is 2.58 bits per heavy atom. The first-order valence-corrected chi connectivity index (χ1v) is 8.33. The van der Waals surface area contributed by atoms with Crippen LogP contribution in [0.3, 0.4) is 0 Å². The first-order valence-electron chi connectivity index (χ1n) is 7.95. The normalized spacial score (nSPS) is 14.5. The highest BCUT2D eigenvalue weighted by Gasteiger charge is 2.44. The lowest BCUT2D eigenvalue weighted by Gasteiger charge is -2.17. The summed E-state index contributed by atoms with van der Waals surface area (Å²) in [5, 5.41) is 3.82. The minimum absolute atomic E-state index is 0. The summed E-state index contributed by atoms with van der Waals surface area (Å²) in [6.45, 7) is 0.677. The van der Waals surface area contributed by atoms with Crippen LogP contribution in [0.1, 0.15) is 30.4 Å². The molecule has 0 heterocycles. The Bertz CT molecular complexity index is 714. The second-order valence-corrected chi connectivity index (χ2v) is 6.70. The van der Waals surface area contributed by atoms with Crippen molar-refractivity contribution in [3.63, 3.8) is 0 Å². The lowest BCUT2D eigenvalue weighted by atomic mass is 9.96. The Morgan fingerprint density at radius 1 is 1.17 bits per heavy atom. The summed E-state index contributed by atoms with van der Waals surface area (Å²) in [7, 11) is 0. The van der Waals surface area contributed by atoms with Gasteiger partial charge in [-0.1, -0.05) is 41.9 Å². The Hall–Kier alpha value is -1.71. The molecule has 0 aliphatic heterocycles. The quantitative estimate of drug-likeness (QED) is 0.757. The maximum atomic E-state index is 12.1. The third-order valence-electron chi connectivity index (χ3n) is 4.59. The van der Waals surface area contributed by atoms with E-state index in [1.807, 2.05) is 42.5 Å². The fourth-order valence-corrected chi connectivity index (χ4v) is 3.09. The number of rotatable bonds is 6. The average Bonchev–Trinajstić information content (AvgIpc) is 3.33. The molecular weight excluding hydrogens is 343 g/mol. The number of amides is 1. The number of carbonyl (C=O) groups is 1. The molecule has 5 heteroatoms. The molecule has 1 aliphatic carbocycles. The fourth-order valence-electron chi connectivity index (χ4n) is 2.90. The average molecular weight is 365 g/mol. The van der Waals surface area contributed by atoms with Gasteiger partial charge in [-0.2, -0.15) is 0 Å². The van der Waals surface area contributed by atoms with Gasteiger partial charge in [0, 0.05) is 29.1 Å². The molecule has 1 aliphatic rings. The molecule has 1 fully saturated rings. The highest BCUT2D eigenvalue weighted by atomic mass is 35.5. The molecule has 0 saturated heterocycles. The summed E-state index contributed by atoms with van der Waals surface area (Å²) < 4.78 is 0. The van der Waals surface area contributed by atoms with Crippen LogP contribution in [0.5, 0.6) is 0 Å². The molecule has 2 aromatic carbocycles. The van der Waals surface area contributed by atoms with Crippen molar-refractivity contribution in [1.82, 2.24) is 5.32 Å². The minimum Gasteiger partial charge on any atom is -0.399 e. The second kappa shape index (κ2) is 7.91. The van der Waals surface area contributed by atoms with E-state index in [2.05, 4.69) is 11.4 Å². The van der Waals surface area contributed by atoms with Gasteiger partial charge in [0.1, 0.15) is 0 Å². The minimum atomic E-state index is 0. The monoisotopic (exact) mass is 364 g/mol. The first-order chi connectivity index (χ1) is 11.1. The summed E-state index contributed by atoms with van der Waals surface area (Å²) in [4.78, 5) is 12.1. The largest absolute Gasteiger partial charge is 0.399 e. The molecule has 3 nitrogen and oxygen atoms in total. The standard InChI is InChI=1S/C19H21ClN2O.ClH/c20-16-6-3-5-15(12-16)19(10-11-19)13-22-18(23)9-8-14-4-1-2-7-17(14)21;/h1-7,12H,8-11,13,21H2,(H,22,23);1H. The Labute approximate surface area is 154 Å². The van der Waals surface area contributed by atoms with Crippen molar-refractivity contribution in [3.8, 4) is 0 Å². The molecule has 0 unspecified atom stereocenters. The van der Waals surface area contributed by atoms with Gasteiger partial charge in [0.25, 0.3) is 0 Å². The number of hydrogen-bond donors (Lipinski definition) is 2. The zero-order valence-corrected chi connectivity index (χ0v) is 15.0. The summed E-state index contributed by atoms with van der Waals surface area (Å²) in [5.74, 6) is 0.0709. The summed E-state index contributed by atoms with van der Waals surface area (Å²) in [5.41, 5.74) is 8.98. The van der Waals surface area contributed by atoms with Gasteiger partial charge in [-0.05, 0) is 48.6 Å². The molecule has 0 atom stereocenters. The highest BCUT2D eigenvalue weighted by Crippen LogP contribution is 2.48. The predicted octanol–water partition coefficient (Wildman–Crippen LogP) is 4.12. The molecule has 0 aromatic heterocycles. The van der Waals surface area contributed by atoms with E-state index in [4.69, 9.17) is 17.3 Å². The molecule has 3 rings (SSSR count). The van der Waals surface area contributed by atoms with Crippen LogP contribution in [-0.4, -0.2) is 12.5 Å². The number of benzene rings is 2. The van der Waals surface area contributed by atoms with Gasteiger partial charge in [0.05, 0.1) is 0 Å². The number of nitrogens with one attached hydrogen (secondary N) is 1. The number of anilines is 1. The molecule has 128 valence electrons. The number of para-hydroxylation sites is 1. The van der Waals surface area contributed by atoms with Crippen molar-refractivity contribution in [2.75, 3.05) is 12.3 Å².